The van der Waals surface area contributed by atoms with E-state index in [9.17, 15) is 36.7 Å². The summed E-state index contributed by atoms with van der Waals surface area (Å²) in [5.41, 5.74) is -2.53. The van der Waals surface area contributed by atoms with Crippen LogP contribution in [0.2, 0.25) is 0 Å². The summed E-state index contributed by atoms with van der Waals surface area (Å²) in [7, 11) is -2.61. The largest absolute Gasteiger partial charge is 0.483 e. The molecule has 3 aliphatic heterocycles. The molecule has 0 bridgehead atoms. The molecule has 2 aromatic rings. The zero-order valence-corrected chi connectivity index (χ0v) is 34.1. The van der Waals surface area contributed by atoms with Crippen LogP contribution in [0, 0.1) is 17.8 Å². The number of hydrogen-bond acceptors (Lipinski definition) is 12. The first kappa shape index (κ1) is 40.4. The van der Waals surface area contributed by atoms with Gasteiger partial charge in [-0.3, -0.25) is 24.4 Å². The summed E-state index contributed by atoms with van der Waals surface area (Å²) >= 11 is 0. The first-order valence-corrected chi connectivity index (χ1v) is 22.4. The lowest BCUT2D eigenvalue weighted by molar-refractivity contribution is -0.166. The lowest BCUT2D eigenvalue weighted by Crippen LogP contribution is -2.59. The van der Waals surface area contributed by atoms with Gasteiger partial charge in [-0.25, -0.2) is 27.2 Å². The van der Waals surface area contributed by atoms with Gasteiger partial charge in [0.1, 0.15) is 22.9 Å². The van der Waals surface area contributed by atoms with Crippen molar-refractivity contribution < 1.29 is 50.9 Å². The number of aliphatic hydroxyl groups excluding tert-OH is 1. The Bertz CT molecular complexity index is 2180. The van der Waals surface area contributed by atoms with Crippen molar-refractivity contribution in [1.29, 1.82) is 0 Å². The molecule has 9 rings (SSSR count). The zero-order chi connectivity index (χ0) is 41.5. The molecule has 1 saturated heterocycles. The van der Waals surface area contributed by atoms with Gasteiger partial charge < -0.3 is 29.5 Å². The normalized spacial score (nSPS) is 34.6. The molecule has 320 valence electrons. The van der Waals surface area contributed by atoms with Gasteiger partial charge in [-0.1, -0.05) is 25.0 Å². The summed E-state index contributed by atoms with van der Waals surface area (Å²) in [6.45, 7) is 1.39. The number of nitrogens with one attached hydrogen (secondary N) is 3. The SMILES string of the molecule is COc1ccc2nc(C(F)F)c3c(c2n1)CC[C@]1(C[C@H]2C(=O)N[C@]4(C(=O)NS(=O)(=O)C5(C)CC5)C[C@H]4/C=C\CCCCC[C@H](NC(O)O[C@@H]4C[C@@H]5C[C@@H]5C4)C(=O)N2C1)O3. The summed E-state index contributed by atoms with van der Waals surface area (Å²) < 4.78 is 75.0. The fourth-order valence-corrected chi connectivity index (χ4v) is 11.2. The number of aromatic nitrogens is 2. The second-order valence-corrected chi connectivity index (χ2v) is 20.3. The number of aryl methyl sites for hydroxylation is 1. The first-order chi connectivity index (χ1) is 28.1. The summed E-state index contributed by atoms with van der Waals surface area (Å²) in [4.78, 5) is 53.7. The summed E-state index contributed by atoms with van der Waals surface area (Å²) in [6, 6.07) is 0.840. The highest BCUT2D eigenvalue weighted by molar-refractivity contribution is 7.91. The molecule has 0 radical (unpaired) electrons. The molecule has 2 aromatic heterocycles. The van der Waals surface area contributed by atoms with Crippen LogP contribution >= 0.6 is 0 Å². The molecule has 4 aliphatic carbocycles. The predicted molar refractivity (Wildman–Crippen MR) is 207 cm³/mol. The average molecular weight is 843 g/mol. The van der Waals surface area contributed by atoms with Gasteiger partial charge in [-0.05, 0) is 95.5 Å². The Kier molecular flexibility index (Phi) is 10.2. The number of ether oxygens (including phenoxy) is 3. The van der Waals surface area contributed by atoms with Crippen molar-refractivity contribution in [3.05, 3.63) is 35.5 Å². The van der Waals surface area contributed by atoms with Gasteiger partial charge in [0.2, 0.25) is 34.1 Å². The van der Waals surface area contributed by atoms with E-state index in [4.69, 9.17) is 14.2 Å². The number of rotatable bonds is 9. The van der Waals surface area contributed by atoms with Crippen LogP contribution in [-0.4, -0.2) is 100 Å². The van der Waals surface area contributed by atoms with Crippen LogP contribution in [0.4, 0.5) is 8.78 Å². The Labute approximate surface area is 341 Å². The van der Waals surface area contributed by atoms with Crippen LogP contribution in [0.25, 0.3) is 11.0 Å². The minimum Gasteiger partial charge on any atom is -0.483 e. The number of sulfonamides is 1. The Morgan fingerprint density at radius 1 is 1.08 bits per heavy atom. The second-order valence-electron chi connectivity index (χ2n) is 18.1. The van der Waals surface area contributed by atoms with Crippen molar-refractivity contribution in [2.45, 2.75) is 144 Å². The third-order valence-electron chi connectivity index (χ3n) is 13.9. The van der Waals surface area contributed by atoms with Gasteiger partial charge in [0.05, 0.1) is 41.6 Å². The molecule has 7 aliphatic rings. The van der Waals surface area contributed by atoms with E-state index in [2.05, 4.69) is 25.3 Å². The molecular weight excluding hydrogens is 791 g/mol. The molecule has 1 unspecified atom stereocenters. The predicted octanol–water partition coefficient (Wildman–Crippen LogP) is 3.68. The van der Waals surface area contributed by atoms with E-state index in [1.807, 2.05) is 12.2 Å². The number of allylic oxidation sites excluding steroid dienone is 1. The summed E-state index contributed by atoms with van der Waals surface area (Å²) in [5, 5.41) is 17.0. The standard InChI is InChI=1S/C41H52F2N6O9S/c1-39(14-15-39)59(54,55)48-37(52)41-19-24(41)8-6-4-3-5-7-9-28(45-38(53)57-25-17-22-16-23(22)18-25)36(51)49-21-40(20-29(49)35(50)47-41)13-12-26-31-27(10-11-30(46-31)56-2)44-32(34(42)43)33(26)58-40/h6,8,10-11,22-25,28-29,34,38,45,53H,3-5,7,9,12-21H2,1-2H3,(H,47,50)(H,48,52)/b8-6-/t22-,23+,24-,25+,28+,29+,38?,40-,41-/m1/s1. The topological polar surface area (TPSA) is 198 Å². The number of alkyl halides is 2. The van der Waals surface area contributed by atoms with Gasteiger partial charge in [0.15, 0.2) is 5.75 Å². The maximum Gasteiger partial charge on any atom is 0.284 e. The Morgan fingerprint density at radius 2 is 1.86 bits per heavy atom. The van der Waals surface area contributed by atoms with Crippen LogP contribution in [0.1, 0.15) is 108 Å². The van der Waals surface area contributed by atoms with Gasteiger partial charge in [0.25, 0.3) is 12.3 Å². The number of hydrogen-bond donors (Lipinski definition) is 4. The van der Waals surface area contributed by atoms with E-state index in [0.29, 0.717) is 55.0 Å². The molecular formula is C41H52F2N6O9S. The summed E-state index contributed by atoms with van der Waals surface area (Å²) in [6.07, 6.45) is 6.36. The van der Waals surface area contributed by atoms with Crippen LogP contribution in [0.5, 0.6) is 11.6 Å². The van der Waals surface area contributed by atoms with Crippen molar-refractivity contribution in [3.8, 4) is 11.6 Å². The van der Waals surface area contributed by atoms with Crippen molar-refractivity contribution in [2.24, 2.45) is 17.8 Å². The quantitative estimate of drug-likeness (QED) is 0.212. The smallest absolute Gasteiger partial charge is 0.284 e. The van der Waals surface area contributed by atoms with Gasteiger partial charge in [0, 0.05) is 24.0 Å². The minimum atomic E-state index is -4.05. The Hall–Kier alpha value is -4.00. The van der Waals surface area contributed by atoms with E-state index in [-0.39, 0.29) is 55.5 Å². The van der Waals surface area contributed by atoms with Gasteiger partial charge >= 0.3 is 0 Å². The number of carbonyl (C=O) groups is 3. The number of aliphatic hydroxyl groups is 1. The van der Waals surface area contributed by atoms with E-state index in [1.165, 1.54) is 24.5 Å². The number of halogens is 2. The van der Waals surface area contributed by atoms with Crippen LogP contribution < -0.4 is 24.8 Å². The molecule has 5 fully saturated rings. The first-order valence-electron chi connectivity index (χ1n) is 20.9. The third-order valence-corrected chi connectivity index (χ3v) is 16.1. The number of methoxy groups -OCH3 is 1. The van der Waals surface area contributed by atoms with Crippen molar-refractivity contribution in [2.75, 3.05) is 13.7 Å². The second kappa shape index (κ2) is 14.9. The molecule has 0 aromatic carbocycles. The number of fused-ring (bicyclic) bond motifs is 6. The van der Waals surface area contributed by atoms with Crippen molar-refractivity contribution in [3.63, 3.8) is 0 Å². The fourth-order valence-electron chi connectivity index (χ4n) is 9.84. The molecule has 5 heterocycles. The number of carbonyl (C=O) groups excluding carboxylic acids is 3. The maximum absolute atomic E-state index is 14.9. The van der Waals surface area contributed by atoms with Gasteiger partial charge in [-0.2, -0.15) is 0 Å². The fraction of sp³-hybridized carbons (Fsp3) is 0.683. The summed E-state index contributed by atoms with van der Waals surface area (Å²) in [5.74, 6) is -1.27. The van der Waals surface area contributed by atoms with E-state index in [1.54, 1.807) is 13.0 Å². The molecule has 15 nitrogen and oxygen atoms in total. The van der Waals surface area contributed by atoms with Crippen molar-refractivity contribution in [1.82, 2.24) is 30.2 Å². The van der Waals surface area contributed by atoms with Crippen molar-refractivity contribution >= 4 is 38.8 Å². The maximum atomic E-state index is 14.9. The molecule has 1 spiro atoms. The van der Waals surface area contributed by atoms with Crippen LogP contribution in [0.15, 0.2) is 24.3 Å². The Balaban J connectivity index is 1.05. The lowest BCUT2D eigenvalue weighted by Gasteiger charge is -2.36. The van der Waals surface area contributed by atoms with Crippen LogP contribution in [-0.2, 0) is 35.6 Å². The van der Waals surface area contributed by atoms with E-state index < -0.39 is 80.2 Å². The van der Waals surface area contributed by atoms with E-state index in [0.717, 1.165) is 25.7 Å². The number of pyridine rings is 2. The van der Waals surface area contributed by atoms with Crippen LogP contribution in [0.3, 0.4) is 0 Å². The minimum absolute atomic E-state index is 0.124. The number of amides is 3. The highest BCUT2D eigenvalue weighted by atomic mass is 32.2. The number of nitrogens with zero attached hydrogens (tertiary/aromatic N) is 3. The lowest BCUT2D eigenvalue weighted by atomic mass is 9.88. The molecule has 3 amide bonds. The Morgan fingerprint density at radius 3 is 2.59 bits per heavy atom. The molecule has 4 N–H and O–H groups in total. The highest BCUT2D eigenvalue weighted by Crippen LogP contribution is 2.53. The molecule has 4 saturated carbocycles. The highest BCUT2D eigenvalue weighted by Gasteiger charge is 2.64. The monoisotopic (exact) mass is 842 g/mol. The third kappa shape index (κ3) is 7.56. The molecule has 18 heteroatoms. The molecule has 59 heavy (non-hydrogen) atoms. The van der Waals surface area contributed by atoms with E-state index >= 15 is 0 Å². The zero-order valence-electron chi connectivity index (χ0n) is 33.3. The van der Waals surface area contributed by atoms with Gasteiger partial charge in [-0.15, -0.1) is 0 Å². The molecule has 9 atom stereocenters. The average Bonchev–Trinajstić information content (AvgIpc) is 4.16.